The molecule has 1 aromatic rings. The molecule has 0 bridgehead atoms. The van der Waals surface area contributed by atoms with E-state index >= 15 is 0 Å². The minimum absolute atomic E-state index is 0.229. The van der Waals surface area contributed by atoms with Crippen LogP contribution in [0.1, 0.15) is 36.8 Å². The number of carbonyl (C=O) groups excluding carboxylic acids is 1. The lowest BCUT2D eigenvalue weighted by atomic mass is 9.98. The summed E-state index contributed by atoms with van der Waals surface area (Å²) in [6.45, 7) is 6.95. The lowest BCUT2D eigenvalue weighted by Crippen LogP contribution is -2.51. The van der Waals surface area contributed by atoms with Crippen molar-refractivity contribution in [1.29, 1.82) is 0 Å². The van der Waals surface area contributed by atoms with Gasteiger partial charge in [-0.05, 0) is 27.7 Å². The zero-order chi connectivity index (χ0) is 11.6. The van der Waals surface area contributed by atoms with Crippen LogP contribution >= 0.6 is 0 Å². The number of hydrogen-bond donors (Lipinski definition) is 3. The van der Waals surface area contributed by atoms with Crippen LogP contribution < -0.4 is 5.32 Å². The van der Waals surface area contributed by atoms with E-state index in [0.29, 0.717) is 11.3 Å². The van der Waals surface area contributed by atoms with Crippen molar-refractivity contribution < 1.29 is 9.90 Å². The first-order chi connectivity index (χ1) is 6.84. The van der Waals surface area contributed by atoms with Crippen molar-refractivity contribution in [2.24, 2.45) is 0 Å². The van der Waals surface area contributed by atoms with Crippen molar-refractivity contribution in [2.75, 3.05) is 0 Å². The zero-order valence-electron chi connectivity index (χ0n) is 9.46. The molecule has 0 aliphatic heterocycles. The molecule has 5 heteroatoms. The molecule has 0 saturated heterocycles. The molecule has 1 rings (SSSR count). The Bertz CT molecular complexity index is 355. The van der Waals surface area contributed by atoms with Gasteiger partial charge < -0.3 is 10.4 Å². The third-order valence-electron chi connectivity index (χ3n) is 2.55. The predicted molar refractivity (Wildman–Crippen MR) is 56.6 cm³/mol. The SMILES string of the molecule is Cc1[nH]ncc1C(=O)NC(C)(C)C(C)O. The van der Waals surface area contributed by atoms with Crippen LogP contribution in [0.5, 0.6) is 0 Å². The van der Waals surface area contributed by atoms with Crippen molar-refractivity contribution in [1.82, 2.24) is 15.5 Å². The highest BCUT2D eigenvalue weighted by Gasteiger charge is 2.27. The van der Waals surface area contributed by atoms with Gasteiger partial charge in [0, 0.05) is 5.69 Å². The van der Waals surface area contributed by atoms with E-state index in [1.807, 2.05) is 0 Å². The Labute approximate surface area is 88.9 Å². The molecule has 15 heavy (non-hydrogen) atoms. The first-order valence-corrected chi connectivity index (χ1v) is 4.85. The Morgan fingerprint density at radius 1 is 1.67 bits per heavy atom. The first-order valence-electron chi connectivity index (χ1n) is 4.85. The maximum absolute atomic E-state index is 11.8. The molecule has 1 amide bonds. The average Bonchev–Trinajstić information content (AvgIpc) is 2.50. The number of aliphatic hydroxyl groups is 1. The van der Waals surface area contributed by atoms with Crippen molar-refractivity contribution in [2.45, 2.75) is 39.3 Å². The molecule has 1 heterocycles. The molecular formula is C10H17N3O2. The standard InChI is InChI=1S/C10H17N3O2/c1-6-8(5-11-13-6)9(15)12-10(3,4)7(2)14/h5,7,14H,1-4H3,(H,11,13)(H,12,15). The number of amides is 1. The van der Waals surface area contributed by atoms with E-state index in [2.05, 4.69) is 15.5 Å². The highest BCUT2D eigenvalue weighted by molar-refractivity contribution is 5.95. The minimum atomic E-state index is -0.652. The van der Waals surface area contributed by atoms with E-state index in [9.17, 15) is 9.90 Å². The Kier molecular flexibility index (Phi) is 3.14. The number of aromatic amines is 1. The summed E-state index contributed by atoms with van der Waals surface area (Å²) in [5, 5.41) is 18.7. The van der Waals surface area contributed by atoms with E-state index in [4.69, 9.17) is 0 Å². The monoisotopic (exact) mass is 211 g/mol. The maximum Gasteiger partial charge on any atom is 0.255 e. The Morgan fingerprint density at radius 2 is 2.27 bits per heavy atom. The Morgan fingerprint density at radius 3 is 2.67 bits per heavy atom. The third kappa shape index (κ3) is 2.56. The summed E-state index contributed by atoms with van der Waals surface area (Å²) in [6, 6.07) is 0. The molecule has 3 N–H and O–H groups in total. The van der Waals surface area contributed by atoms with Crippen LogP contribution in [0.2, 0.25) is 0 Å². The number of aryl methyl sites for hydroxylation is 1. The second-order valence-electron chi connectivity index (χ2n) is 4.26. The van der Waals surface area contributed by atoms with Gasteiger partial charge in [0.15, 0.2) is 0 Å². The highest BCUT2D eigenvalue weighted by atomic mass is 16.3. The summed E-state index contributed by atoms with van der Waals surface area (Å²) in [4.78, 5) is 11.8. The third-order valence-corrected chi connectivity index (χ3v) is 2.55. The summed E-state index contributed by atoms with van der Waals surface area (Å²) in [6.07, 6.45) is 0.858. The normalized spacial score (nSPS) is 13.7. The summed E-state index contributed by atoms with van der Waals surface area (Å²) < 4.78 is 0. The Hall–Kier alpha value is -1.36. The van der Waals surface area contributed by atoms with Crippen molar-refractivity contribution in [3.63, 3.8) is 0 Å². The minimum Gasteiger partial charge on any atom is -0.391 e. The molecule has 0 radical (unpaired) electrons. The summed E-state index contributed by atoms with van der Waals surface area (Å²) in [5.74, 6) is -0.229. The second kappa shape index (κ2) is 4.02. The van der Waals surface area contributed by atoms with E-state index in [0.717, 1.165) is 0 Å². The molecule has 0 fully saturated rings. The van der Waals surface area contributed by atoms with Gasteiger partial charge in [0.2, 0.25) is 0 Å². The lowest BCUT2D eigenvalue weighted by molar-refractivity contribution is 0.0709. The van der Waals surface area contributed by atoms with Crippen molar-refractivity contribution in [3.05, 3.63) is 17.5 Å². The van der Waals surface area contributed by atoms with Crippen LogP contribution in [0.3, 0.4) is 0 Å². The van der Waals surface area contributed by atoms with Gasteiger partial charge in [0.1, 0.15) is 0 Å². The number of H-pyrrole nitrogens is 1. The predicted octanol–water partition coefficient (Wildman–Crippen LogP) is 0.607. The second-order valence-corrected chi connectivity index (χ2v) is 4.26. The van der Waals surface area contributed by atoms with Gasteiger partial charge in [-0.15, -0.1) is 0 Å². The fraction of sp³-hybridized carbons (Fsp3) is 0.600. The van der Waals surface area contributed by atoms with E-state index < -0.39 is 11.6 Å². The molecule has 0 spiro atoms. The number of rotatable bonds is 3. The smallest absolute Gasteiger partial charge is 0.255 e. The van der Waals surface area contributed by atoms with Crippen LogP contribution in [-0.2, 0) is 0 Å². The van der Waals surface area contributed by atoms with Crippen LogP contribution in [0.15, 0.2) is 6.20 Å². The fourth-order valence-corrected chi connectivity index (χ4v) is 1.04. The maximum atomic E-state index is 11.8. The molecule has 0 saturated carbocycles. The quantitative estimate of drug-likeness (QED) is 0.685. The number of hydrogen-bond acceptors (Lipinski definition) is 3. The van der Waals surface area contributed by atoms with Crippen LogP contribution in [0, 0.1) is 6.92 Å². The van der Waals surface area contributed by atoms with Gasteiger partial charge in [-0.1, -0.05) is 0 Å². The topological polar surface area (TPSA) is 78.0 Å². The molecular weight excluding hydrogens is 194 g/mol. The largest absolute Gasteiger partial charge is 0.391 e. The molecule has 84 valence electrons. The zero-order valence-corrected chi connectivity index (χ0v) is 9.46. The van der Waals surface area contributed by atoms with Crippen LogP contribution in [0.25, 0.3) is 0 Å². The Balaban J connectivity index is 2.77. The van der Waals surface area contributed by atoms with E-state index in [1.165, 1.54) is 6.20 Å². The fourth-order valence-electron chi connectivity index (χ4n) is 1.04. The van der Waals surface area contributed by atoms with E-state index in [1.54, 1.807) is 27.7 Å². The molecule has 0 aromatic carbocycles. The molecule has 1 aromatic heterocycles. The van der Waals surface area contributed by atoms with Gasteiger partial charge in [0.25, 0.3) is 5.91 Å². The number of aliphatic hydroxyl groups excluding tert-OH is 1. The van der Waals surface area contributed by atoms with Gasteiger partial charge in [-0.25, -0.2) is 0 Å². The molecule has 1 unspecified atom stereocenters. The van der Waals surface area contributed by atoms with Gasteiger partial charge in [-0.2, -0.15) is 5.10 Å². The van der Waals surface area contributed by atoms with Gasteiger partial charge in [-0.3, -0.25) is 9.89 Å². The molecule has 1 atom stereocenters. The van der Waals surface area contributed by atoms with Gasteiger partial charge in [0.05, 0.1) is 23.4 Å². The molecule has 0 aliphatic rings. The average molecular weight is 211 g/mol. The number of nitrogens with one attached hydrogen (secondary N) is 2. The van der Waals surface area contributed by atoms with Gasteiger partial charge >= 0.3 is 0 Å². The van der Waals surface area contributed by atoms with Crippen LogP contribution in [-0.4, -0.2) is 32.9 Å². The molecule has 0 aliphatic carbocycles. The van der Waals surface area contributed by atoms with Crippen molar-refractivity contribution in [3.8, 4) is 0 Å². The lowest BCUT2D eigenvalue weighted by Gasteiger charge is -2.29. The van der Waals surface area contributed by atoms with E-state index in [-0.39, 0.29) is 5.91 Å². The summed E-state index contributed by atoms with van der Waals surface area (Å²) >= 11 is 0. The summed E-state index contributed by atoms with van der Waals surface area (Å²) in [7, 11) is 0. The van der Waals surface area contributed by atoms with Crippen molar-refractivity contribution >= 4 is 5.91 Å². The van der Waals surface area contributed by atoms with Crippen LogP contribution in [0.4, 0.5) is 0 Å². The summed E-state index contributed by atoms with van der Waals surface area (Å²) in [5.41, 5.74) is 0.568. The highest BCUT2D eigenvalue weighted by Crippen LogP contribution is 2.11. The number of nitrogens with zero attached hydrogens (tertiary/aromatic N) is 1. The first kappa shape index (κ1) is 11.7. The number of carbonyl (C=O) groups is 1. The molecule has 5 nitrogen and oxygen atoms in total. The number of aromatic nitrogens is 2.